The van der Waals surface area contributed by atoms with E-state index in [0.717, 1.165) is 25.7 Å². The highest BCUT2D eigenvalue weighted by Gasteiger charge is 2.41. The van der Waals surface area contributed by atoms with Crippen molar-refractivity contribution in [2.75, 3.05) is 18.0 Å². The predicted octanol–water partition coefficient (Wildman–Crippen LogP) is 3.51. The third-order valence-corrected chi connectivity index (χ3v) is 6.64. The Morgan fingerprint density at radius 1 is 1.31 bits per heavy atom. The number of benzene rings is 1. The van der Waals surface area contributed by atoms with E-state index in [4.69, 9.17) is 17.3 Å². The van der Waals surface area contributed by atoms with E-state index < -0.39 is 11.7 Å². The van der Waals surface area contributed by atoms with Crippen molar-refractivity contribution in [2.45, 2.75) is 44.7 Å². The first-order valence-corrected chi connectivity index (χ1v) is 10.2. The van der Waals surface area contributed by atoms with Gasteiger partial charge in [-0.2, -0.15) is 0 Å². The van der Waals surface area contributed by atoms with Gasteiger partial charge >= 0.3 is 0 Å². The number of carbonyl (C=O) groups is 2. The number of primary amides is 1. The number of carbonyl (C=O) groups excluding carboxylic acids is 2. The number of aromatic nitrogens is 1. The molecule has 0 spiro atoms. The number of hydrogen-bond donors (Lipinski definition) is 2. The van der Waals surface area contributed by atoms with E-state index in [1.165, 1.54) is 12.1 Å². The molecule has 0 radical (unpaired) electrons. The van der Waals surface area contributed by atoms with Crippen molar-refractivity contribution in [3.63, 3.8) is 0 Å². The van der Waals surface area contributed by atoms with Crippen LogP contribution in [0.5, 0.6) is 0 Å². The topological polar surface area (TPSA) is 82.4 Å². The monoisotopic (exact) mass is 418 g/mol. The van der Waals surface area contributed by atoms with Crippen LogP contribution in [0, 0.1) is 12.7 Å². The Morgan fingerprint density at radius 3 is 2.69 bits per heavy atom. The molecule has 3 heterocycles. The van der Waals surface area contributed by atoms with Gasteiger partial charge in [-0.1, -0.05) is 18.2 Å². The molecule has 0 bridgehead atoms. The van der Waals surface area contributed by atoms with Crippen molar-refractivity contribution in [1.82, 2.24) is 9.88 Å². The summed E-state index contributed by atoms with van der Waals surface area (Å²) in [5, 5.41) is 0.861. The second kappa shape index (κ2) is 7.37. The normalized spacial score (nSPS) is 21.9. The number of amides is 2. The van der Waals surface area contributed by atoms with E-state index in [2.05, 4.69) is 11.6 Å². The molecule has 0 saturated carbocycles. The zero-order valence-corrected chi connectivity index (χ0v) is 17.1. The lowest BCUT2D eigenvalue weighted by molar-refractivity contribution is -0.130. The first-order chi connectivity index (χ1) is 13.8. The number of halogens is 2. The number of hydrogen-bond acceptors (Lipinski definition) is 3. The van der Waals surface area contributed by atoms with Gasteiger partial charge in [-0.15, -0.1) is 0 Å². The number of piperidine rings is 2. The Labute approximate surface area is 173 Å². The highest BCUT2D eigenvalue weighted by atomic mass is 35.5. The molecule has 8 heteroatoms. The molecular formula is C21H24ClFN4O2. The van der Waals surface area contributed by atoms with Crippen LogP contribution < -0.4 is 10.6 Å². The first kappa shape index (κ1) is 19.8. The number of rotatable bonds is 3. The zero-order chi connectivity index (χ0) is 20.9. The molecule has 2 aromatic rings. The average molecular weight is 419 g/mol. The van der Waals surface area contributed by atoms with Crippen LogP contribution in [0.3, 0.4) is 0 Å². The molecule has 2 amide bonds. The van der Waals surface area contributed by atoms with E-state index in [0.29, 0.717) is 40.4 Å². The molecule has 154 valence electrons. The minimum atomic E-state index is -0.713. The van der Waals surface area contributed by atoms with Gasteiger partial charge in [-0.05, 0) is 44.7 Å². The van der Waals surface area contributed by atoms with Gasteiger partial charge in [-0.25, -0.2) is 4.39 Å². The number of aryl methyl sites for hydroxylation is 1. The van der Waals surface area contributed by atoms with Crippen molar-refractivity contribution >= 4 is 40.0 Å². The van der Waals surface area contributed by atoms with Crippen LogP contribution in [0.4, 0.5) is 10.1 Å². The van der Waals surface area contributed by atoms with E-state index in [1.54, 1.807) is 6.92 Å². The fourth-order valence-corrected chi connectivity index (χ4v) is 5.17. The fourth-order valence-electron chi connectivity index (χ4n) is 4.94. The molecule has 6 nitrogen and oxygen atoms in total. The summed E-state index contributed by atoms with van der Waals surface area (Å²) in [5.41, 5.74) is 7.03. The van der Waals surface area contributed by atoms with Crippen molar-refractivity contribution < 1.29 is 14.0 Å². The molecular weight excluding hydrogens is 395 g/mol. The summed E-state index contributed by atoms with van der Waals surface area (Å²) in [6.07, 6.45) is 4.72. The van der Waals surface area contributed by atoms with Crippen LogP contribution in [0.15, 0.2) is 18.7 Å². The molecule has 2 aliphatic rings. The third kappa shape index (κ3) is 3.08. The number of fused-ring (bicyclic) bond motifs is 2. The van der Waals surface area contributed by atoms with Crippen LogP contribution in [-0.2, 0) is 4.79 Å². The van der Waals surface area contributed by atoms with Crippen LogP contribution >= 0.6 is 11.6 Å². The van der Waals surface area contributed by atoms with E-state index >= 15 is 4.39 Å². The molecule has 1 aromatic heterocycles. The van der Waals surface area contributed by atoms with Gasteiger partial charge in [0.15, 0.2) is 0 Å². The van der Waals surface area contributed by atoms with Crippen molar-refractivity contribution in [3.05, 3.63) is 40.8 Å². The zero-order valence-electron chi connectivity index (χ0n) is 16.3. The molecule has 2 unspecified atom stereocenters. The lowest BCUT2D eigenvalue weighted by Crippen LogP contribution is -2.60. The number of nitrogens with zero attached hydrogens (tertiary/aromatic N) is 2. The van der Waals surface area contributed by atoms with Gasteiger partial charge in [0.1, 0.15) is 5.82 Å². The van der Waals surface area contributed by atoms with Crippen LogP contribution in [-0.4, -0.2) is 46.9 Å². The smallest absolute Gasteiger partial charge is 0.250 e. The van der Waals surface area contributed by atoms with Crippen molar-refractivity contribution in [3.8, 4) is 0 Å². The van der Waals surface area contributed by atoms with Crippen molar-refractivity contribution in [1.29, 1.82) is 0 Å². The van der Waals surface area contributed by atoms with Crippen LogP contribution in [0.25, 0.3) is 10.9 Å². The number of aromatic amines is 1. The molecule has 4 rings (SSSR count). The number of H-pyrrole nitrogens is 1. The molecule has 2 aliphatic heterocycles. The highest BCUT2D eigenvalue weighted by Crippen LogP contribution is 2.43. The Kier molecular flexibility index (Phi) is 5.02. The Balaban J connectivity index is 1.87. The molecule has 2 atom stereocenters. The molecule has 1 aromatic carbocycles. The predicted molar refractivity (Wildman–Crippen MR) is 112 cm³/mol. The summed E-state index contributed by atoms with van der Waals surface area (Å²) in [6.45, 7) is 6.73. The lowest BCUT2D eigenvalue weighted by atomic mass is 9.86. The van der Waals surface area contributed by atoms with E-state index in [9.17, 15) is 9.59 Å². The highest BCUT2D eigenvalue weighted by molar-refractivity contribution is 6.38. The minimum Gasteiger partial charge on any atom is -0.366 e. The second-order valence-corrected chi connectivity index (χ2v) is 8.16. The molecule has 3 N–H and O–H groups in total. The first-order valence-electron chi connectivity index (χ1n) is 9.85. The Morgan fingerprint density at radius 2 is 2.00 bits per heavy atom. The Bertz CT molecular complexity index is 1020. The van der Waals surface area contributed by atoms with Crippen molar-refractivity contribution in [2.24, 2.45) is 5.73 Å². The summed E-state index contributed by atoms with van der Waals surface area (Å²) in [7, 11) is 0. The Hall–Kier alpha value is -2.54. The number of anilines is 1. The summed E-state index contributed by atoms with van der Waals surface area (Å²) in [6, 6.07) is 1.16. The van der Waals surface area contributed by atoms with E-state index in [-0.39, 0.29) is 23.6 Å². The average Bonchev–Trinajstić information content (AvgIpc) is 3.00. The van der Waals surface area contributed by atoms with E-state index in [1.807, 2.05) is 9.80 Å². The molecule has 2 saturated heterocycles. The van der Waals surface area contributed by atoms with Gasteiger partial charge in [0, 0.05) is 30.2 Å². The standard InChI is InChI=1S/C21H24ClFN4O2/c1-3-16(28)26-8-4-7-15-14(26)6-5-9-27(15)20-13(23)10-12(21(24)29)19-17(20)18(22)11(2)25-19/h3,10,14-15,25H,1,4-9H2,2H3,(H2,24,29). The lowest BCUT2D eigenvalue weighted by Gasteiger charge is -2.50. The summed E-state index contributed by atoms with van der Waals surface area (Å²) >= 11 is 6.54. The largest absolute Gasteiger partial charge is 0.366 e. The molecule has 29 heavy (non-hydrogen) atoms. The van der Waals surface area contributed by atoms with Gasteiger partial charge in [-0.3, -0.25) is 9.59 Å². The van der Waals surface area contributed by atoms with Crippen LogP contribution in [0.1, 0.15) is 41.7 Å². The maximum Gasteiger partial charge on any atom is 0.250 e. The summed E-state index contributed by atoms with van der Waals surface area (Å²) < 4.78 is 15.4. The number of likely N-dealkylation sites (tertiary alicyclic amines) is 1. The number of nitrogens with one attached hydrogen (secondary N) is 1. The molecule has 2 fully saturated rings. The van der Waals surface area contributed by atoms with Gasteiger partial charge in [0.05, 0.1) is 27.8 Å². The van der Waals surface area contributed by atoms with Gasteiger partial charge in [0.2, 0.25) is 5.91 Å². The third-order valence-electron chi connectivity index (χ3n) is 6.17. The van der Waals surface area contributed by atoms with Gasteiger partial charge in [0.25, 0.3) is 5.91 Å². The quantitative estimate of drug-likeness (QED) is 0.748. The summed E-state index contributed by atoms with van der Waals surface area (Å²) in [4.78, 5) is 31.2. The second-order valence-electron chi connectivity index (χ2n) is 7.78. The molecule has 0 aliphatic carbocycles. The fraction of sp³-hybridized carbons (Fsp3) is 0.429. The van der Waals surface area contributed by atoms with Gasteiger partial charge < -0.3 is 20.5 Å². The minimum absolute atomic E-state index is 0.00733. The van der Waals surface area contributed by atoms with Crippen LogP contribution in [0.2, 0.25) is 5.02 Å². The maximum atomic E-state index is 15.4. The summed E-state index contributed by atoms with van der Waals surface area (Å²) in [5.74, 6) is -1.33. The SMILES string of the molecule is C=CC(=O)N1CCCC2C1CCCN2c1c(F)cc(C(N)=O)c2[nH]c(C)c(Cl)c12. The maximum absolute atomic E-state index is 15.4. The number of nitrogens with two attached hydrogens (primary N) is 1.